The van der Waals surface area contributed by atoms with Gasteiger partial charge >= 0.3 is 0 Å². The molecule has 0 fully saturated rings. The first kappa shape index (κ1) is 23.5. The van der Waals surface area contributed by atoms with Crippen LogP contribution in [0.1, 0.15) is 0 Å². The standard InChI is InChI=1S/C24H26O9/c1-26-15-9-16(27-2)11-17(10-15)32-24-21(30-5)12-18(13-22(24)31-6)33-23-19(28-3)7-14(25)8-20(23)29-4/h7-13,25H,1-6H3. The fourth-order valence-corrected chi connectivity index (χ4v) is 3.06. The number of benzene rings is 3. The molecule has 0 aromatic heterocycles. The van der Waals surface area contributed by atoms with Gasteiger partial charge in [0.1, 0.15) is 28.7 Å². The first-order chi connectivity index (χ1) is 16.0. The number of phenolic OH excluding ortho intramolecular Hbond substituents is 1. The molecule has 0 heterocycles. The van der Waals surface area contributed by atoms with Crippen molar-refractivity contribution in [3.05, 3.63) is 42.5 Å². The molecule has 0 atom stereocenters. The van der Waals surface area contributed by atoms with E-state index in [4.69, 9.17) is 37.9 Å². The van der Waals surface area contributed by atoms with Crippen molar-refractivity contribution < 1.29 is 43.0 Å². The number of methoxy groups -OCH3 is 6. The SMILES string of the molecule is COc1cc(OC)cc(Oc2c(OC)cc(Oc3c(OC)cc(O)cc3OC)cc2OC)c1. The van der Waals surface area contributed by atoms with Crippen LogP contribution in [0, 0.1) is 0 Å². The summed E-state index contributed by atoms with van der Waals surface area (Å²) in [6, 6.07) is 11.2. The maximum absolute atomic E-state index is 9.87. The van der Waals surface area contributed by atoms with Gasteiger partial charge in [0.25, 0.3) is 0 Å². The van der Waals surface area contributed by atoms with Crippen molar-refractivity contribution in [2.45, 2.75) is 0 Å². The lowest BCUT2D eigenvalue weighted by molar-refractivity contribution is 0.328. The predicted molar refractivity (Wildman–Crippen MR) is 120 cm³/mol. The van der Waals surface area contributed by atoms with E-state index in [1.807, 2.05) is 0 Å². The number of rotatable bonds is 10. The maximum Gasteiger partial charge on any atom is 0.211 e. The quantitative estimate of drug-likeness (QED) is 0.449. The normalized spacial score (nSPS) is 10.2. The van der Waals surface area contributed by atoms with Crippen LogP contribution in [-0.4, -0.2) is 47.8 Å². The van der Waals surface area contributed by atoms with Crippen molar-refractivity contribution in [3.63, 3.8) is 0 Å². The molecule has 0 bridgehead atoms. The van der Waals surface area contributed by atoms with Crippen LogP contribution in [0.2, 0.25) is 0 Å². The molecule has 1 N–H and O–H groups in total. The Morgan fingerprint density at radius 2 is 0.758 bits per heavy atom. The summed E-state index contributed by atoms with van der Waals surface area (Å²) in [5, 5.41) is 9.87. The van der Waals surface area contributed by atoms with Crippen molar-refractivity contribution in [1.82, 2.24) is 0 Å². The zero-order valence-electron chi connectivity index (χ0n) is 19.3. The van der Waals surface area contributed by atoms with Gasteiger partial charge in [-0.3, -0.25) is 0 Å². The summed E-state index contributed by atoms with van der Waals surface area (Å²) in [6.07, 6.45) is 0. The van der Waals surface area contributed by atoms with E-state index in [0.29, 0.717) is 40.2 Å². The fraction of sp³-hybridized carbons (Fsp3) is 0.250. The minimum absolute atomic E-state index is 0.0244. The van der Waals surface area contributed by atoms with Crippen LogP contribution in [0.5, 0.6) is 63.2 Å². The lowest BCUT2D eigenvalue weighted by Gasteiger charge is -2.18. The minimum Gasteiger partial charge on any atom is -0.508 e. The van der Waals surface area contributed by atoms with Gasteiger partial charge in [-0.05, 0) is 0 Å². The monoisotopic (exact) mass is 458 g/mol. The summed E-state index contributed by atoms with van der Waals surface area (Å²) >= 11 is 0. The molecule has 3 rings (SSSR count). The Bertz CT molecular complexity index is 1040. The maximum atomic E-state index is 9.87. The van der Waals surface area contributed by atoms with Crippen LogP contribution < -0.4 is 37.9 Å². The van der Waals surface area contributed by atoms with Crippen molar-refractivity contribution in [2.24, 2.45) is 0 Å². The molecule has 0 aliphatic heterocycles. The van der Waals surface area contributed by atoms with Crippen LogP contribution >= 0.6 is 0 Å². The third kappa shape index (κ3) is 5.20. The van der Waals surface area contributed by atoms with Gasteiger partial charge in [0.2, 0.25) is 11.5 Å². The summed E-state index contributed by atoms with van der Waals surface area (Å²) in [5.41, 5.74) is 0. The smallest absolute Gasteiger partial charge is 0.211 e. The largest absolute Gasteiger partial charge is 0.508 e. The van der Waals surface area contributed by atoms with Gasteiger partial charge < -0.3 is 43.0 Å². The van der Waals surface area contributed by atoms with E-state index in [-0.39, 0.29) is 23.0 Å². The third-order valence-electron chi connectivity index (χ3n) is 4.64. The van der Waals surface area contributed by atoms with E-state index in [9.17, 15) is 5.11 Å². The molecule has 0 radical (unpaired) electrons. The van der Waals surface area contributed by atoms with Crippen LogP contribution in [0.15, 0.2) is 42.5 Å². The Labute approximate surface area is 191 Å². The molecule has 0 aliphatic rings. The summed E-state index contributed by atoms with van der Waals surface area (Å²) in [5.74, 6) is 3.79. The Hall–Kier alpha value is -4.14. The number of ether oxygens (including phenoxy) is 8. The van der Waals surface area contributed by atoms with Gasteiger partial charge in [0, 0.05) is 42.5 Å². The molecule has 3 aromatic rings. The van der Waals surface area contributed by atoms with Gasteiger partial charge in [0.05, 0.1) is 42.7 Å². The Kier molecular flexibility index (Phi) is 7.45. The summed E-state index contributed by atoms with van der Waals surface area (Å²) in [7, 11) is 9.03. The van der Waals surface area contributed by atoms with E-state index in [1.54, 1.807) is 44.6 Å². The van der Waals surface area contributed by atoms with Gasteiger partial charge in [-0.2, -0.15) is 0 Å². The van der Waals surface area contributed by atoms with E-state index < -0.39 is 0 Å². The third-order valence-corrected chi connectivity index (χ3v) is 4.64. The molecule has 176 valence electrons. The molecule has 0 saturated heterocycles. The molecule has 9 nitrogen and oxygen atoms in total. The number of aromatic hydroxyl groups is 1. The number of hydrogen-bond acceptors (Lipinski definition) is 9. The molecule has 0 saturated carbocycles. The highest BCUT2D eigenvalue weighted by Crippen LogP contribution is 2.48. The summed E-state index contributed by atoms with van der Waals surface area (Å²) in [6.45, 7) is 0. The van der Waals surface area contributed by atoms with Crippen LogP contribution in [0.25, 0.3) is 0 Å². The van der Waals surface area contributed by atoms with Crippen LogP contribution in [0.4, 0.5) is 0 Å². The molecular formula is C24H26O9. The molecular weight excluding hydrogens is 432 g/mol. The lowest BCUT2D eigenvalue weighted by atomic mass is 10.2. The second kappa shape index (κ2) is 10.4. The Morgan fingerprint density at radius 1 is 0.424 bits per heavy atom. The molecule has 3 aromatic carbocycles. The predicted octanol–water partition coefficient (Wildman–Crippen LogP) is 5.03. The number of phenols is 1. The molecule has 33 heavy (non-hydrogen) atoms. The van der Waals surface area contributed by atoms with E-state index >= 15 is 0 Å². The van der Waals surface area contributed by atoms with E-state index in [1.165, 1.54) is 40.6 Å². The topological polar surface area (TPSA) is 94.1 Å². The van der Waals surface area contributed by atoms with E-state index in [2.05, 4.69) is 0 Å². The van der Waals surface area contributed by atoms with Crippen molar-refractivity contribution in [2.75, 3.05) is 42.7 Å². The molecule has 0 amide bonds. The zero-order valence-corrected chi connectivity index (χ0v) is 19.3. The zero-order chi connectivity index (χ0) is 24.0. The van der Waals surface area contributed by atoms with Crippen molar-refractivity contribution >= 4 is 0 Å². The average molecular weight is 458 g/mol. The molecule has 9 heteroatoms. The minimum atomic E-state index is -0.0244. The summed E-state index contributed by atoms with van der Waals surface area (Å²) < 4.78 is 44.4. The molecule has 0 aliphatic carbocycles. The fourth-order valence-electron chi connectivity index (χ4n) is 3.06. The first-order valence-electron chi connectivity index (χ1n) is 9.76. The summed E-state index contributed by atoms with van der Waals surface area (Å²) in [4.78, 5) is 0. The Balaban J connectivity index is 2.03. The van der Waals surface area contributed by atoms with E-state index in [0.717, 1.165) is 0 Å². The van der Waals surface area contributed by atoms with Gasteiger partial charge in [-0.25, -0.2) is 0 Å². The van der Waals surface area contributed by atoms with Crippen LogP contribution in [0.3, 0.4) is 0 Å². The highest BCUT2D eigenvalue weighted by Gasteiger charge is 2.20. The van der Waals surface area contributed by atoms with Crippen LogP contribution in [-0.2, 0) is 0 Å². The average Bonchev–Trinajstić information content (AvgIpc) is 2.84. The highest BCUT2D eigenvalue weighted by atomic mass is 16.6. The van der Waals surface area contributed by atoms with Crippen molar-refractivity contribution in [3.8, 4) is 63.2 Å². The molecule has 0 spiro atoms. The van der Waals surface area contributed by atoms with Gasteiger partial charge in [0.15, 0.2) is 23.0 Å². The lowest BCUT2D eigenvalue weighted by Crippen LogP contribution is -1.98. The van der Waals surface area contributed by atoms with Crippen molar-refractivity contribution in [1.29, 1.82) is 0 Å². The van der Waals surface area contributed by atoms with Gasteiger partial charge in [-0.1, -0.05) is 0 Å². The van der Waals surface area contributed by atoms with Gasteiger partial charge in [-0.15, -0.1) is 0 Å². The molecule has 0 unspecified atom stereocenters. The second-order valence-corrected chi connectivity index (χ2v) is 6.59. The second-order valence-electron chi connectivity index (χ2n) is 6.59. The highest BCUT2D eigenvalue weighted by molar-refractivity contribution is 5.61. The Morgan fingerprint density at radius 3 is 1.12 bits per heavy atom. The first-order valence-corrected chi connectivity index (χ1v) is 9.76. The number of hydrogen-bond donors (Lipinski definition) is 1.